The number of amides is 1. The van der Waals surface area contributed by atoms with Crippen molar-refractivity contribution in [1.82, 2.24) is 19.7 Å². The zero-order valence-electron chi connectivity index (χ0n) is 16.8. The topological polar surface area (TPSA) is 63.5 Å². The van der Waals surface area contributed by atoms with Crippen LogP contribution >= 0.6 is 0 Å². The normalized spacial score (nSPS) is 18.4. The van der Waals surface area contributed by atoms with Crippen LogP contribution < -0.4 is 9.64 Å². The highest BCUT2D eigenvalue weighted by atomic mass is 16.5. The lowest BCUT2D eigenvalue weighted by molar-refractivity contribution is -0.137. The van der Waals surface area contributed by atoms with Crippen molar-refractivity contribution < 1.29 is 9.53 Å². The van der Waals surface area contributed by atoms with E-state index in [0.717, 1.165) is 74.9 Å². The summed E-state index contributed by atoms with van der Waals surface area (Å²) in [6.07, 6.45) is 5.31. The van der Waals surface area contributed by atoms with Crippen molar-refractivity contribution in [3.05, 3.63) is 24.3 Å². The number of ether oxygens (including phenoxy) is 1. The number of benzene rings is 1. The molecule has 2 saturated heterocycles. The van der Waals surface area contributed by atoms with Crippen LogP contribution in [-0.4, -0.2) is 58.9 Å². The molecule has 4 rings (SSSR count). The average molecular weight is 383 g/mol. The molecule has 0 N–H and O–H groups in total. The van der Waals surface area contributed by atoms with Gasteiger partial charge < -0.3 is 14.5 Å². The predicted molar refractivity (Wildman–Crippen MR) is 108 cm³/mol. The molecule has 2 aliphatic rings. The molecule has 28 heavy (non-hydrogen) atoms. The van der Waals surface area contributed by atoms with Crippen LogP contribution in [0.15, 0.2) is 24.3 Å². The average Bonchev–Trinajstić information content (AvgIpc) is 3.15. The molecule has 0 bridgehead atoms. The first-order valence-electron chi connectivity index (χ1n) is 10.3. The van der Waals surface area contributed by atoms with Crippen molar-refractivity contribution in [2.75, 3.05) is 38.2 Å². The number of carbonyl (C=O) groups is 1. The summed E-state index contributed by atoms with van der Waals surface area (Å²) in [4.78, 5) is 17.1. The molecule has 3 heterocycles. The zero-order valence-corrected chi connectivity index (χ0v) is 16.8. The minimum Gasteiger partial charge on any atom is -0.496 e. The number of hydrogen-bond donors (Lipinski definition) is 0. The monoisotopic (exact) mass is 383 g/mol. The predicted octanol–water partition coefficient (Wildman–Crippen LogP) is 2.72. The molecule has 0 radical (unpaired) electrons. The fraction of sp³-hybridized carbons (Fsp3) is 0.571. The fourth-order valence-electron chi connectivity index (χ4n) is 4.36. The molecule has 2 aromatic rings. The third-order valence-electron chi connectivity index (χ3n) is 5.99. The Morgan fingerprint density at radius 2 is 1.75 bits per heavy atom. The summed E-state index contributed by atoms with van der Waals surface area (Å²) in [6.45, 7) is 3.54. The molecular weight excluding hydrogens is 354 g/mol. The molecule has 0 unspecified atom stereocenters. The first kappa shape index (κ1) is 18.8. The summed E-state index contributed by atoms with van der Waals surface area (Å²) in [5.74, 6) is 2.93. The van der Waals surface area contributed by atoms with E-state index in [2.05, 4.69) is 20.0 Å². The van der Waals surface area contributed by atoms with E-state index in [1.54, 1.807) is 7.11 Å². The summed E-state index contributed by atoms with van der Waals surface area (Å²) >= 11 is 0. The molecule has 1 aromatic carbocycles. The Morgan fingerprint density at radius 3 is 2.46 bits per heavy atom. The standard InChI is InChI=1S/C21H29N5O2/c1-24-19(17-8-4-5-9-18(17)28-2)22-23-21(24)26-14-10-16(11-15-26)20(27)25-12-6-3-7-13-25/h4-5,8-9,16H,3,6-7,10-15H2,1-2H3. The molecule has 7 nitrogen and oxygen atoms in total. The van der Waals surface area contributed by atoms with Gasteiger partial charge in [0.25, 0.3) is 0 Å². The first-order valence-corrected chi connectivity index (χ1v) is 10.3. The van der Waals surface area contributed by atoms with E-state index in [1.165, 1.54) is 6.42 Å². The molecule has 2 aliphatic heterocycles. The Labute approximate surface area is 166 Å². The van der Waals surface area contributed by atoms with Crippen LogP contribution in [0.1, 0.15) is 32.1 Å². The molecule has 7 heteroatoms. The van der Waals surface area contributed by atoms with Gasteiger partial charge >= 0.3 is 0 Å². The van der Waals surface area contributed by atoms with Crippen molar-refractivity contribution in [3.8, 4) is 17.1 Å². The highest BCUT2D eigenvalue weighted by molar-refractivity contribution is 5.79. The molecule has 0 saturated carbocycles. The van der Waals surface area contributed by atoms with Gasteiger partial charge in [-0.3, -0.25) is 9.36 Å². The minimum absolute atomic E-state index is 0.149. The fourth-order valence-corrected chi connectivity index (χ4v) is 4.36. The number of rotatable bonds is 4. The van der Waals surface area contributed by atoms with Gasteiger partial charge in [0.1, 0.15) is 5.75 Å². The Hall–Kier alpha value is -2.57. The van der Waals surface area contributed by atoms with Crippen LogP contribution in [-0.2, 0) is 11.8 Å². The van der Waals surface area contributed by atoms with Crippen molar-refractivity contribution in [2.45, 2.75) is 32.1 Å². The van der Waals surface area contributed by atoms with Crippen LogP contribution in [0.4, 0.5) is 5.95 Å². The highest BCUT2D eigenvalue weighted by Gasteiger charge is 2.31. The second-order valence-corrected chi connectivity index (χ2v) is 7.73. The van der Waals surface area contributed by atoms with Crippen molar-refractivity contribution in [2.24, 2.45) is 13.0 Å². The number of nitrogens with zero attached hydrogens (tertiary/aromatic N) is 5. The number of aromatic nitrogens is 3. The van der Waals surface area contributed by atoms with Crippen LogP contribution in [0.2, 0.25) is 0 Å². The van der Waals surface area contributed by atoms with Gasteiger partial charge in [0.2, 0.25) is 11.9 Å². The summed E-state index contributed by atoms with van der Waals surface area (Å²) < 4.78 is 7.49. The van der Waals surface area contributed by atoms with E-state index in [1.807, 2.05) is 35.9 Å². The lowest BCUT2D eigenvalue weighted by atomic mass is 9.94. The molecule has 150 valence electrons. The quantitative estimate of drug-likeness (QED) is 0.812. The number of carbonyl (C=O) groups excluding carboxylic acids is 1. The molecule has 0 spiro atoms. The first-order chi connectivity index (χ1) is 13.7. The maximum atomic E-state index is 12.8. The number of anilines is 1. The van der Waals surface area contributed by atoms with Crippen LogP contribution in [0.5, 0.6) is 5.75 Å². The molecular formula is C21H29N5O2. The lowest BCUT2D eigenvalue weighted by Gasteiger charge is -2.35. The van der Waals surface area contributed by atoms with E-state index in [9.17, 15) is 4.79 Å². The lowest BCUT2D eigenvalue weighted by Crippen LogP contribution is -2.44. The van der Waals surface area contributed by atoms with Crippen molar-refractivity contribution >= 4 is 11.9 Å². The molecule has 1 amide bonds. The second kappa shape index (κ2) is 8.20. The van der Waals surface area contributed by atoms with Crippen LogP contribution in [0.3, 0.4) is 0 Å². The van der Waals surface area contributed by atoms with E-state index in [0.29, 0.717) is 5.91 Å². The Bertz CT molecular complexity index is 820. The summed E-state index contributed by atoms with van der Waals surface area (Å²) in [6, 6.07) is 7.85. The smallest absolute Gasteiger partial charge is 0.227 e. The largest absolute Gasteiger partial charge is 0.496 e. The van der Waals surface area contributed by atoms with Gasteiger partial charge in [-0.15, -0.1) is 10.2 Å². The third kappa shape index (κ3) is 3.57. The summed E-state index contributed by atoms with van der Waals surface area (Å²) in [7, 11) is 3.66. The van der Waals surface area contributed by atoms with Gasteiger partial charge in [-0.25, -0.2) is 0 Å². The number of piperidine rings is 2. The van der Waals surface area contributed by atoms with Gasteiger partial charge in [-0.2, -0.15) is 0 Å². The van der Waals surface area contributed by atoms with Gasteiger partial charge in [-0.05, 0) is 44.2 Å². The van der Waals surface area contributed by atoms with Gasteiger partial charge in [0, 0.05) is 39.1 Å². The van der Waals surface area contributed by atoms with E-state index in [-0.39, 0.29) is 5.92 Å². The van der Waals surface area contributed by atoms with Gasteiger partial charge in [0.05, 0.1) is 12.7 Å². The van der Waals surface area contributed by atoms with E-state index < -0.39 is 0 Å². The van der Waals surface area contributed by atoms with Crippen LogP contribution in [0, 0.1) is 5.92 Å². The van der Waals surface area contributed by atoms with Gasteiger partial charge in [-0.1, -0.05) is 12.1 Å². The molecule has 1 aromatic heterocycles. The molecule has 2 fully saturated rings. The van der Waals surface area contributed by atoms with E-state index >= 15 is 0 Å². The summed E-state index contributed by atoms with van der Waals surface area (Å²) in [5.41, 5.74) is 0.932. The minimum atomic E-state index is 0.149. The number of hydrogen-bond acceptors (Lipinski definition) is 5. The molecule has 0 aliphatic carbocycles. The number of methoxy groups -OCH3 is 1. The maximum absolute atomic E-state index is 12.8. The number of para-hydroxylation sites is 1. The Balaban J connectivity index is 1.44. The zero-order chi connectivity index (χ0) is 19.5. The van der Waals surface area contributed by atoms with Crippen molar-refractivity contribution in [3.63, 3.8) is 0 Å². The Kier molecular flexibility index (Phi) is 5.50. The van der Waals surface area contributed by atoms with Gasteiger partial charge in [0.15, 0.2) is 5.82 Å². The molecule has 0 atom stereocenters. The highest BCUT2D eigenvalue weighted by Crippen LogP contribution is 2.31. The summed E-state index contributed by atoms with van der Waals surface area (Å²) in [5, 5.41) is 8.85. The van der Waals surface area contributed by atoms with E-state index in [4.69, 9.17) is 4.74 Å². The Morgan fingerprint density at radius 1 is 1.04 bits per heavy atom. The number of likely N-dealkylation sites (tertiary alicyclic amines) is 1. The SMILES string of the molecule is COc1ccccc1-c1nnc(N2CCC(C(=O)N3CCCCC3)CC2)n1C. The third-order valence-corrected chi connectivity index (χ3v) is 5.99. The second-order valence-electron chi connectivity index (χ2n) is 7.73. The van der Waals surface area contributed by atoms with Crippen LogP contribution in [0.25, 0.3) is 11.4 Å². The maximum Gasteiger partial charge on any atom is 0.227 e. The van der Waals surface area contributed by atoms with Crippen molar-refractivity contribution in [1.29, 1.82) is 0 Å².